The van der Waals surface area contributed by atoms with E-state index < -0.39 is 0 Å². The Hall–Kier alpha value is -1.10. The standard InChI is InChI=1S/C10H18N4S/c1-3-4-11-10(15)12-5-6-14-8-9(2)7-13-14/h7-8H,3-6H2,1-2H3,(H2,11,12,15). The van der Waals surface area contributed by atoms with Crippen LogP contribution >= 0.6 is 12.2 Å². The molecule has 0 bridgehead atoms. The zero-order valence-electron chi connectivity index (χ0n) is 9.29. The van der Waals surface area contributed by atoms with Crippen LogP contribution in [0.4, 0.5) is 0 Å². The largest absolute Gasteiger partial charge is 0.363 e. The van der Waals surface area contributed by atoms with Crippen molar-refractivity contribution in [3.05, 3.63) is 18.0 Å². The van der Waals surface area contributed by atoms with Crippen molar-refractivity contribution < 1.29 is 0 Å². The summed E-state index contributed by atoms with van der Waals surface area (Å²) in [6, 6.07) is 0. The molecule has 1 rings (SSSR count). The minimum atomic E-state index is 0.723. The molecule has 1 aromatic heterocycles. The second kappa shape index (κ2) is 6.40. The molecule has 0 aliphatic heterocycles. The molecule has 0 aliphatic rings. The number of hydrogen-bond acceptors (Lipinski definition) is 2. The van der Waals surface area contributed by atoms with Gasteiger partial charge in [-0.3, -0.25) is 4.68 Å². The van der Waals surface area contributed by atoms with E-state index in [0.29, 0.717) is 0 Å². The topological polar surface area (TPSA) is 41.9 Å². The summed E-state index contributed by atoms with van der Waals surface area (Å²) >= 11 is 5.09. The Labute approximate surface area is 96.1 Å². The van der Waals surface area contributed by atoms with Crippen molar-refractivity contribution in [2.24, 2.45) is 0 Å². The van der Waals surface area contributed by atoms with Gasteiger partial charge in [-0.05, 0) is 31.1 Å². The van der Waals surface area contributed by atoms with Crippen molar-refractivity contribution in [2.45, 2.75) is 26.8 Å². The van der Waals surface area contributed by atoms with E-state index in [-0.39, 0.29) is 0 Å². The minimum absolute atomic E-state index is 0.723. The average Bonchev–Trinajstić information content (AvgIpc) is 2.61. The third-order valence-corrected chi connectivity index (χ3v) is 2.21. The zero-order valence-corrected chi connectivity index (χ0v) is 10.1. The highest BCUT2D eigenvalue weighted by atomic mass is 32.1. The van der Waals surface area contributed by atoms with E-state index in [2.05, 4.69) is 22.7 Å². The van der Waals surface area contributed by atoms with Crippen molar-refractivity contribution in [2.75, 3.05) is 13.1 Å². The average molecular weight is 226 g/mol. The third kappa shape index (κ3) is 4.78. The Morgan fingerprint density at radius 2 is 2.20 bits per heavy atom. The molecule has 0 amide bonds. The fourth-order valence-electron chi connectivity index (χ4n) is 1.17. The zero-order chi connectivity index (χ0) is 11.1. The van der Waals surface area contributed by atoms with Crippen LogP contribution in [0.1, 0.15) is 18.9 Å². The Morgan fingerprint density at radius 1 is 1.47 bits per heavy atom. The van der Waals surface area contributed by atoms with Gasteiger partial charge in [-0.1, -0.05) is 6.92 Å². The van der Waals surface area contributed by atoms with Crippen molar-refractivity contribution in [3.63, 3.8) is 0 Å². The normalized spacial score (nSPS) is 10.0. The summed E-state index contributed by atoms with van der Waals surface area (Å²) in [6.07, 6.45) is 4.96. The van der Waals surface area contributed by atoms with Gasteiger partial charge in [-0.25, -0.2) is 0 Å². The fraction of sp³-hybridized carbons (Fsp3) is 0.600. The number of aryl methyl sites for hydroxylation is 1. The summed E-state index contributed by atoms with van der Waals surface area (Å²) in [7, 11) is 0. The molecule has 0 fully saturated rings. The Kier molecular flexibility index (Phi) is 5.10. The molecule has 2 N–H and O–H groups in total. The second-order valence-corrected chi connectivity index (χ2v) is 3.87. The molecule has 0 spiro atoms. The smallest absolute Gasteiger partial charge is 0.166 e. The molecule has 0 saturated heterocycles. The van der Waals surface area contributed by atoms with E-state index in [0.717, 1.165) is 31.2 Å². The van der Waals surface area contributed by atoms with Gasteiger partial charge in [0.2, 0.25) is 0 Å². The summed E-state index contributed by atoms with van der Waals surface area (Å²) in [4.78, 5) is 0. The van der Waals surface area contributed by atoms with Gasteiger partial charge in [0.15, 0.2) is 5.11 Å². The molecule has 1 heterocycles. The SMILES string of the molecule is CCCNC(=S)NCCn1cc(C)cn1. The van der Waals surface area contributed by atoms with Gasteiger partial charge in [0.25, 0.3) is 0 Å². The molecule has 0 saturated carbocycles. The van der Waals surface area contributed by atoms with Crippen LogP contribution in [0.5, 0.6) is 0 Å². The number of nitrogens with one attached hydrogen (secondary N) is 2. The highest BCUT2D eigenvalue weighted by molar-refractivity contribution is 7.80. The first-order chi connectivity index (χ1) is 7.22. The first-order valence-corrected chi connectivity index (χ1v) is 5.64. The van der Waals surface area contributed by atoms with Gasteiger partial charge in [0.1, 0.15) is 0 Å². The van der Waals surface area contributed by atoms with Crippen LogP contribution in [0.2, 0.25) is 0 Å². The van der Waals surface area contributed by atoms with E-state index >= 15 is 0 Å². The van der Waals surface area contributed by atoms with E-state index in [1.807, 2.05) is 24.0 Å². The van der Waals surface area contributed by atoms with Gasteiger partial charge in [-0.15, -0.1) is 0 Å². The summed E-state index contributed by atoms with van der Waals surface area (Å²) in [5.74, 6) is 0. The Balaban J connectivity index is 2.13. The van der Waals surface area contributed by atoms with Crippen molar-refractivity contribution in [1.29, 1.82) is 0 Å². The second-order valence-electron chi connectivity index (χ2n) is 3.46. The quantitative estimate of drug-likeness (QED) is 0.737. The van der Waals surface area contributed by atoms with Gasteiger partial charge in [0.05, 0.1) is 12.7 Å². The van der Waals surface area contributed by atoms with Crippen molar-refractivity contribution in [3.8, 4) is 0 Å². The van der Waals surface area contributed by atoms with E-state index in [1.54, 1.807) is 0 Å². The maximum atomic E-state index is 5.09. The summed E-state index contributed by atoms with van der Waals surface area (Å²) in [5.41, 5.74) is 1.18. The lowest BCUT2D eigenvalue weighted by molar-refractivity contribution is 0.600. The lowest BCUT2D eigenvalue weighted by Crippen LogP contribution is -2.37. The van der Waals surface area contributed by atoms with Crippen LogP contribution < -0.4 is 10.6 Å². The highest BCUT2D eigenvalue weighted by Gasteiger charge is 1.95. The first-order valence-electron chi connectivity index (χ1n) is 5.23. The Bertz CT molecular complexity index is 308. The molecule has 4 nitrogen and oxygen atoms in total. The lowest BCUT2D eigenvalue weighted by Gasteiger charge is -2.09. The van der Waals surface area contributed by atoms with Crippen LogP contribution in [-0.2, 0) is 6.54 Å². The van der Waals surface area contributed by atoms with E-state index in [1.165, 1.54) is 5.56 Å². The fourth-order valence-corrected chi connectivity index (χ4v) is 1.38. The molecular weight excluding hydrogens is 208 g/mol. The summed E-state index contributed by atoms with van der Waals surface area (Å²) < 4.78 is 1.91. The Morgan fingerprint density at radius 3 is 2.80 bits per heavy atom. The van der Waals surface area contributed by atoms with Crippen molar-refractivity contribution >= 4 is 17.3 Å². The highest BCUT2D eigenvalue weighted by Crippen LogP contribution is 1.92. The van der Waals surface area contributed by atoms with Crippen LogP contribution in [0.15, 0.2) is 12.4 Å². The molecule has 1 aromatic rings. The predicted molar refractivity (Wildman–Crippen MR) is 65.9 cm³/mol. The number of hydrogen-bond donors (Lipinski definition) is 2. The minimum Gasteiger partial charge on any atom is -0.363 e. The maximum absolute atomic E-state index is 5.09. The number of rotatable bonds is 5. The molecular formula is C10H18N4S. The number of aromatic nitrogens is 2. The third-order valence-electron chi connectivity index (χ3n) is 1.92. The molecule has 84 valence electrons. The summed E-state index contributed by atoms with van der Waals surface area (Å²) in [6.45, 7) is 6.71. The van der Waals surface area contributed by atoms with Crippen LogP contribution in [0.3, 0.4) is 0 Å². The van der Waals surface area contributed by atoms with Crippen LogP contribution in [0, 0.1) is 6.92 Å². The van der Waals surface area contributed by atoms with Gasteiger partial charge in [0, 0.05) is 19.3 Å². The molecule has 5 heteroatoms. The van der Waals surface area contributed by atoms with E-state index in [4.69, 9.17) is 12.2 Å². The van der Waals surface area contributed by atoms with Crippen LogP contribution in [0.25, 0.3) is 0 Å². The number of nitrogens with zero attached hydrogens (tertiary/aromatic N) is 2. The maximum Gasteiger partial charge on any atom is 0.166 e. The molecule has 0 unspecified atom stereocenters. The van der Waals surface area contributed by atoms with Gasteiger partial charge >= 0.3 is 0 Å². The molecule has 15 heavy (non-hydrogen) atoms. The molecule has 0 aliphatic carbocycles. The van der Waals surface area contributed by atoms with E-state index in [9.17, 15) is 0 Å². The predicted octanol–water partition coefficient (Wildman–Crippen LogP) is 1.07. The van der Waals surface area contributed by atoms with Gasteiger partial charge in [-0.2, -0.15) is 5.10 Å². The molecule has 0 radical (unpaired) electrons. The first kappa shape index (κ1) is 12.0. The molecule has 0 atom stereocenters. The monoisotopic (exact) mass is 226 g/mol. The summed E-state index contributed by atoms with van der Waals surface area (Å²) in [5, 5.41) is 11.2. The lowest BCUT2D eigenvalue weighted by atomic mass is 10.4. The number of thiocarbonyl (C=S) groups is 1. The molecule has 0 aromatic carbocycles. The van der Waals surface area contributed by atoms with Crippen molar-refractivity contribution in [1.82, 2.24) is 20.4 Å². The van der Waals surface area contributed by atoms with Gasteiger partial charge < -0.3 is 10.6 Å². The van der Waals surface area contributed by atoms with Crippen LogP contribution in [-0.4, -0.2) is 28.0 Å².